The Balaban J connectivity index is 2.33. The molecule has 1 aromatic heterocycles. The molecule has 1 N–H and O–H groups in total. The largest absolute Gasteiger partial charge is 0.481 e. The zero-order valence-corrected chi connectivity index (χ0v) is 10.9. The number of aromatic nitrogens is 1. The fraction of sp³-hybridized carbons (Fsp3) is 0.308. The van der Waals surface area contributed by atoms with Gasteiger partial charge in [0.25, 0.3) is 0 Å². The minimum absolute atomic E-state index is 0.480. The second-order valence-corrected chi connectivity index (χ2v) is 4.34. The van der Waals surface area contributed by atoms with E-state index in [1.807, 2.05) is 0 Å². The first-order valence-corrected chi connectivity index (χ1v) is 5.77. The Labute approximate surface area is 109 Å². The number of aliphatic carboxylic acids is 1. The molecule has 0 fully saturated rings. The normalized spacial score (nSPS) is 12.4. The summed E-state index contributed by atoms with van der Waals surface area (Å²) < 4.78 is 5.34. The van der Waals surface area contributed by atoms with E-state index in [1.165, 1.54) is 18.9 Å². The fourth-order valence-electron chi connectivity index (χ4n) is 1.76. The number of hydrogen-bond donors (Lipinski definition) is 1. The molecular formula is C13H14N2O4. The molecule has 0 aliphatic carbocycles. The molecule has 6 nitrogen and oxygen atoms in total. The number of amides is 1. The number of hydrogen-bond acceptors (Lipinski definition) is 4. The zero-order chi connectivity index (χ0) is 14.2. The summed E-state index contributed by atoms with van der Waals surface area (Å²) in [5.74, 6) is -2.16. The fourth-order valence-corrected chi connectivity index (χ4v) is 1.76. The summed E-state index contributed by atoms with van der Waals surface area (Å²) in [5.41, 5.74) is 1.85. The molecule has 1 unspecified atom stereocenters. The van der Waals surface area contributed by atoms with E-state index in [1.54, 1.807) is 25.1 Å². The lowest BCUT2D eigenvalue weighted by Gasteiger charge is -2.19. The van der Waals surface area contributed by atoms with Crippen LogP contribution in [0, 0.1) is 12.8 Å². The Bertz CT molecular complexity index is 647. The van der Waals surface area contributed by atoms with Gasteiger partial charge in [-0.3, -0.25) is 9.59 Å². The molecule has 19 heavy (non-hydrogen) atoms. The number of nitrogens with zero attached hydrogens (tertiary/aromatic N) is 2. The molecule has 0 bridgehead atoms. The van der Waals surface area contributed by atoms with Gasteiger partial charge >= 0.3 is 5.97 Å². The van der Waals surface area contributed by atoms with Crippen molar-refractivity contribution in [3.63, 3.8) is 0 Å². The molecule has 2 aromatic rings. The van der Waals surface area contributed by atoms with Crippen LogP contribution in [-0.4, -0.2) is 29.0 Å². The summed E-state index contributed by atoms with van der Waals surface area (Å²) in [6, 6.07) is 5.09. The van der Waals surface area contributed by atoms with Crippen molar-refractivity contribution < 1.29 is 19.1 Å². The second kappa shape index (κ2) is 4.72. The van der Waals surface area contributed by atoms with Gasteiger partial charge in [0, 0.05) is 19.7 Å². The number of carboxylic acids is 1. The number of fused-ring (bicyclic) bond motifs is 1. The minimum atomic E-state index is -1.14. The van der Waals surface area contributed by atoms with Crippen molar-refractivity contribution in [2.75, 3.05) is 11.9 Å². The minimum Gasteiger partial charge on any atom is -0.481 e. The monoisotopic (exact) mass is 262 g/mol. The Morgan fingerprint density at radius 1 is 1.42 bits per heavy atom. The third-order valence-corrected chi connectivity index (χ3v) is 2.94. The number of anilines is 1. The van der Waals surface area contributed by atoms with Gasteiger partial charge in [-0.2, -0.15) is 0 Å². The van der Waals surface area contributed by atoms with Crippen molar-refractivity contribution in [2.24, 2.45) is 5.92 Å². The average molecular weight is 262 g/mol. The smallest absolute Gasteiger partial charge is 0.315 e. The summed E-state index contributed by atoms with van der Waals surface area (Å²) in [5, 5.41) is 8.85. The molecule has 100 valence electrons. The van der Waals surface area contributed by atoms with Crippen LogP contribution in [0.4, 0.5) is 5.69 Å². The van der Waals surface area contributed by atoms with Crippen LogP contribution in [0.15, 0.2) is 22.6 Å². The van der Waals surface area contributed by atoms with E-state index >= 15 is 0 Å². The van der Waals surface area contributed by atoms with Crippen molar-refractivity contribution in [2.45, 2.75) is 13.8 Å². The van der Waals surface area contributed by atoms with Crippen LogP contribution < -0.4 is 4.90 Å². The van der Waals surface area contributed by atoms with Gasteiger partial charge in [0.15, 0.2) is 11.5 Å². The van der Waals surface area contributed by atoms with E-state index < -0.39 is 17.8 Å². The van der Waals surface area contributed by atoms with Crippen molar-refractivity contribution in [1.82, 2.24) is 4.98 Å². The van der Waals surface area contributed by atoms with E-state index in [0.717, 1.165) is 0 Å². The molecule has 2 rings (SSSR count). The topological polar surface area (TPSA) is 83.6 Å². The van der Waals surface area contributed by atoms with Gasteiger partial charge < -0.3 is 14.4 Å². The first-order chi connectivity index (χ1) is 8.90. The van der Waals surface area contributed by atoms with Crippen LogP contribution in [0.3, 0.4) is 0 Å². The van der Waals surface area contributed by atoms with Gasteiger partial charge in [-0.05, 0) is 25.1 Å². The molecule has 0 spiro atoms. The quantitative estimate of drug-likeness (QED) is 0.853. The van der Waals surface area contributed by atoms with Gasteiger partial charge in [0.2, 0.25) is 5.91 Å². The van der Waals surface area contributed by atoms with E-state index in [9.17, 15) is 9.59 Å². The number of carbonyl (C=O) groups excluding carboxylic acids is 1. The molecule has 0 aliphatic rings. The standard InChI is InChI=1S/C13H14N2O4/c1-7(13(17)18)12(16)15(3)9-4-5-11-10(6-9)14-8(2)19-11/h4-7H,1-3H3,(H,17,18). The van der Waals surface area contributed by atoms with Gasteiger partial charge in [0.05, 0.1) is 0 Å². The number of oxazole rings is 1. The van der Waals surface area contributed by atoms with Crippen molar-refractivity contribution in [3.8, 4) is 0 Å². The van der Waals surface area contributed by atoms with E-state index in [-0.39, 0.29) is 0 Å². The lowest BCUT2D eigenvalue weighted by atomic mass is 10.1. The number of rotatable bonds is 3. The van der Waals surface area contributed by atoms with Crippen LogP contribution in [0.2, 0.25) is 0 Å². The van der Waals surface area contributed by atoms with Crippen LogP contribution >= 0.6 is 0 Å². The summed E-state index contributed by atoms with van der Waals surface area (Å²) >= 11 is 0. The highest BCUT2D eigenvalue weighted by molar-refractivity contribution is 6.05. The average Bonchev–Trinajstić information content (AvgIpc) is 2.74. The molecular weight excluding hydrogens is 248 g/mol. The summed E-state index contributed by atoms with van der Waals surface area (Å²) in [4.78, 5) is 28.2. The Morgan fingerprint density at radius 3 is 2.74 bits per heavy atom. The van der Waals surface area contributed by atoms with Crippen molar-refractivity contribution >= 4 is 28.7 Å². The third-order valence-electron chi connectivity index (χ3n) is 2.94. The summed E-state index contributed by atoms with van der Waals surface area (Å²) in [7, 11) is 1.54. The first kappa shape index (κ1) is 13.1. The Kier molecular flexibility index (Phi) is 3.25. The predicted molar refractivity (Wildman–Crippen MR) is 69.0 cm³/mol. The summed E-state index contributed by atoms with van der Waals surface area (Å²) in [6.45, 7) is 3.10. The predicted octanol–water partition coefficient (Wildman–Crippen LogP) is 1.82. The van der Waals surface area contributed by atoms with E-state index in [2.05, 4.69) is 4.98 Å². The first-order valence-electron chi connectivity index (χ1n) is 5.77. The van der Waals surface area contributed by atoms with Gasteiger partial charge in [-0.1, -0.05) is 0 Å². The van der Waals surface area contributed by atoms with E-state index in [4.69, 9.17) is 9.52 Å². The van der Waals surface area contributed by atoms with Crippen LogP contribution in [0.5, 0.6) is 0 Å². The van der Waals surface area contributed by atoms with Gasteiger partial charge in [0.1, 0.15) is 11.4 Å². The van der Waals surface area contributed by atoms with E-state index in [0.29, 0.717) is 22.7 Å². The highest BCUT2D eigenvalue weighted by Crippen LogP contribution is 2.22. The highest BCUT2D eigenvalue weighted by atomic mass is 16.4. The lowest BCUT2D eigenvalue weighted by Crippen LogP contribution is -2.35. The van der Waals surface area contributed by atoms with Crippen LogP contribution in [-0.2, 0) is 9.59 Å². The maximum absolute atomic E-state index is 11.9. The third kappa shape index (κ3) is 2.42. The number of benzene rings is 1. The molecule has 1 heterocycles. The maximum atomic E-state index is 11.9. The number of carbonyl (C=O) groups is 2. The second-order valence-electron chi connectivity index (χ2n) is 4.34. The summed E-state index contributed by atoms with van der Waals surface area (Å²) in [6.07, 6.45) is 0. The molecule has 0 saturated carbocycles. The molecule has 1 aromatic carbocycles. The molecule has 1 amide bonds. The zero-order valence-electron chi connectivity index (χ0n) is 10.9. The van der Waals surface area contributed by atoms with Crippen LogP contribution in [0.25, 0.3) is 11.1 Å². The Hall–Kier alpha value is -2.37. The maximum Gasteiger partial charge on any atom is 0.315 e. The van der Waals surface area contributed by atoms with Gasteiger partial charge in [-0.25, -0.2) is 4.98 Å². The molecule has 0 saturated heterocycles. The molecule has 0 aliphatic heterocycles. The lowest BCUT2D eigenvalue weighted by molar-refractivity contribution is -0.145. The number of carboxylic acid groups (broad SMARTS) is 1. The molecule has 1 atom stereocenters. The molecule has 0 radical (unpaired) electrons. The van der Waals surface area contributed by atoms with Crippen LogP contribution in [0.1, 0.15) is 12.8 Å². The van der Waals surface area contributed by atoms with Gasteiger partial charge in [-0.15, -0.1) is 0 Å². The molecule has 6 heteroatoms. The Morgan fingerprint density at radius 2 is 2.11 bits per heavy atom. The van der Waals surface area contributed by atoms with Crippen molar-refractivity contribution in [3.05, 3.63) is 24.1 Å². The SMILES string of the molecule is Cc1nc2cc(N(C)C(=O)C(C)C(=O)O)ccc2o1. The van der Waals surface area contributed by atoms with Crippen molar-refractivity contribution in [1.29, 1.82) is 0 Å². The number of aryl methyl sites for hydroxylation is 1. The highest BCUT2D eigenvalue weighted by Gasteiger charge is 2.25.